The second kappa shape index (κ2) is 13.7. The van der Waals surface area contributed by atoms with Crippen LogP contribution in [0.1, 0.15) is 68.4 Å². The first-order chi connectivity index (χ1) is 20.0. The van der Waals surface area contributed by atoms with E-state index in [1.54, 1.807) is 7.11 Å². The fourth-order valence-electron chi connectivity index (χ4n) is 7.64. The fourth-order valence-corrected chi connectivity index (χ4v) is 7.64. The van der Waals surface area contributed by atoms with Gasteiger partial charge in [0.1, 0.15) is 11.9 Å². The summed E-state index contributed by atoms with van der Waals surface area (Å²) in [6.45, 7) is 5.79. The van der Waals surface area contributed by atoms with E-state index in [9.17, 15) is 9.59 Å². The molecule has 2 aromatic carbocycles. The summed E-state index contributed by atoms with van der Waals surface area (Å²) >= 11 is 0. The van der Waals surface area contributed by atoms with Gasteiger partial charge < -0.3 is 24.2 Å². The zero-order valence-electron chi connectivity index (χ0n) is 24.9. The predicted molar refractivity (Wildman–Crippen MR) is 166 cm³/mol. The van der Waals surface area contributed by atoms with Crippen LogP contribution < -0.4 is 4.74 Å². The molecule has 6 rings (SSSR count). The Morgan fingerprint density at radius 2 is 1.60 bits per heavy atom. The zero-order chi connectivity index (χ0) is 28.2. The molecule has 2 aromatic rings. The largest absolute Gasteiger partial charge is 0.497 e. The van der Waals surface area contributed by atoms with Crippen molar-refractivity contribution in [2.75, 3.05) is 46.4 Å². The highest BCUT2D eigenvalue weighted by Gasteiger charge is 2.48. The molecule has 0 radical (unpaired) electrons. The number of amides is 2. The smallest absolute Gasteiger partial charge is 0.410 e. The zero-order valence-corrected chi connectivity index (χ0v) is 25.7. The van der Waals surface area contributed by atoms with Crippen LogP contribution >= 0.6 is 12.4 Å². The van der Waals surface area contributed by atoms with Crippen molar-refractivity contribution in [3.8, 4) is 5.75 Å². The minimum atomic E-state index is -0.215. The number of piperidine rings is 1. The summed E-state index contributed by atoms with van der Waals surface area (Å²) in [5, 5.41) is 0. The lowest BCUT2D eigenvalue weighted by molar-refractivity contribution is -0.139. The molecule has 1 aliphatic carbocycles. The van der Waals surface area contributed by atoms with Crippen molar-refractivity contribution in [2.45, 2.75) is 69.9 Å². The molecule has 2 atom stereocenters. The Bertz CT molecular complexity index is 1180. The summed E-state index contributed by atoms with van der Waals surface area (Å²) in [6.07, 6.45) is 8.29. The van der Waals surface area contributed by atoms with Gasteiger partial charge in [-0.1, -0.05) is 48.9 Å². The van der Waals surface area contributed by atoms with Crippen LogP contribution in [0.3, 0.4) is 0 Å². The van der Waals surface area contributed by atoms with Gasteiger partial charge in [0.25, 0.3) is 0 Å². The van der Waals surface area contributed by atoms with Gasteiger partial charge in [-0.05, 0) is 87.2 Å². The number of nitrogens with zero attached hydrogens (tertiary/aromatic N) is 3. The molecule has 1 spiro atoms. The molecule has 3 saturated heterocycles. The molecule has 1 saturated carbocycles. The minimum Gasteiger partial charge on any atom is -0.497 e. The van der Waals surface area contributed by atoms with Gasteiger partial charge in [0.05, 0.1) is 12.5 Å². The first-order valence-electron chi connectivity index (χ1n) is 15.7. The number of ether oxygens (including phenoxy) is 2. The minimum absolute atomic E-state index is 0. The molecular formula is C34H46ClN3O4. The first kappa shape index (κ1) is 30.7. The Morgan fingerprint density at radius 1 is 0.905 bits per heavy atom. The van der Waals surface area contributed by atoms with E-state index < -0.39 is 0 Å². The van der Waals surface area contributed by atoms with Crippen molar-refractivity contribution in [3.63, 3.8) is 0 Å². The summed E-state index contributed by atoms with van der Waals surface area (Å²) in [5.41, 5.74) is 2.24. The second-order valence-corrected chi connectivity index (χ2v) is 12.7. The summed E-state index contributed by atoms with van der Waals surface area (Å²) in [5.74, 6) is 1.83. The number of benzene rings is 2. The van der Waals surface area contributed by atoms with Gasteiger partial charge in [0.2, 0.25) is 5.91 Å². The summed E-state index contributed by atoms with van der Waals surface area (Å²) in [4.78, 5) is 33.3. The number of carbonyl (C=O) groups is 2. The molecule has 228 valence electrons. The maximum Gasteiger partial charge on any atom is 0.410 e. The number of hydrogen-bond donors (Lipinski definition) is 0. The molecule has 42 heavy (non-hydrogen) atoms. The lowest BCUT2D eigenvalue weighted by Crippen LogP contribution is -2.46. The molecule has 3 heterocycles. The third-order valence-electron chi connectivity index (χ3n) is 10.2. The van der Waals surface area contributed by atoms with Gasteiger partial charge in [-0.2, -0.15) is 0 Å². The predicted octanol–water partition coefficient (Wildman–Crippen LogP) is 6.12. The van der Waals surface area contributed by atoms with Crippen LogP contribution in [0.2, 0.25) is 0 Å². The number of methoxy groups -OCH3 is 1. The number of hydrogen-bond acceptors (Lipinski definition) is 5. The normalized spacial score (nSPS) is 24.5. The highest BCUT2D eigenvalue weighted by molar-refractivity contribution is 5.85. The van der Waals surface area contributed by atoms with Gasteiger partial charge in [-0.15, -0.1) is 12.4 Å². The lowest BCUT2D eigenvalue weighted by atomic mass is 9.76. The van der Waals surface area contributed by atoms with Gasteiger partial charge in [-0.25, -0.2) is 4.79 Å². The molecule has 0 aromatic heterocycles. The maximum absolute atomic E-state index is 13.6. The van der Waals surface area contributed by atoms with Crippen molar-refractivity contribution in [1.29, 1.82) is 0 Å². The van der Waals surface area contributed by atoms with Gasteiger partial charge in [0, 0.05) is 38.6 Å². The summed E-state index contributed by atoms with van der Waals surface area (Å²) in [6, 6.07) is 18.7. The Hall–Kier alpha value is -2.77. The molecule has 0 bridgehead atoms. The molecule has 7 nitrogen and oxygen atoms in total. The molecule has 3 aliphatic heterocycles. The van der Waals surface area contributed by atoms with Crippen LogP contribution in [0.4, 0.5) is 4.79 Å². The average Bonchev–Trinajstić information content (AvgIpc) is 3.57. The van der Waals surface area contributed by atoms with Crippen molar-refractivity contribution < 1.29 is 19.1 Å². The summed E-state index contributed by atoms with van der Waals surface area (Å²) in [7, 11) is 1.67. The highest BCUT2D eigenvalue weighted by atomic mass is 35.5. The van der Waals surface area contributed by atoms with Crippen molar-refractivity contribution >= 4 is 24.4 Å². The highest BCUT2D eigenvalue weighted by Crippen LogP contribution is 2.43. The van der Waals surface area contributed by atoms with Crippen LogP contribution in [0.5, 0.6) is 5.75 Å². The number of likely N-dealkylation sites (tertiary alicyclic amines) is 3. The van der Waals surface area contributed by atoms with E-state index in [0.717, 1.165) is 95.5 Å². The van der Waals surface area contributed by atoms with E-state index in [1.807, 2.05) is 17.0 Å². The molecule has 1 unspecified atom stereocenters. The molecule has 4 fully saturated rings. The van der Waals surface area contributed by atoms with Gasteiger partial charge >= 0.3 is 6.09 Å². The van der Waals surface area contributed by atoms with Crippen LogP contribution in [0, 0.1) is 11.3 Å². The lowest BCUT2D eigenvalue weighted by Gasteiger charge is -2.39. The number of rotatable bonds is 7. The van der Waals surface area contributed by atoms with E-state index in [0.29, 0.717) is 24.3 Å². The molecular weight excluding hydrogens is 550 g/mol. The molecule has 4 aliphatic rings. The Kier molecular flexibility index (Phi) is 10.00. The molecule has 8 heteroatoms. The van der Waals surface area contributed by atoms with Crippen molar-refractivity contribution in [2.24, 2.45) is 11.3 Å². The Labute approximate surface area is 256 Å². The van der Waals surface area contributed by atoms with Gasteiger partial charge in [0.15, 0.2) is 0 Å². The van der Waals surface area contributed by atoms with E-state index in [1.165, 1.54) is 12.0 Å². The Morgan fingerprint density at radius 3 is 2.29 bits per heavy atom. The quantitative estimate of drug-likeness (QED) is 0.386. The Balaban J connectivity index is 0.00000353. The number of halogens is 1. The monoisotopic (exact) mass is 595 g/mol. The average molecular weight is 596 g/mol. The second-order valence-electron chi connectivity index (χ2n) is 12.7. The van der Waals surface area contributed by atoms with E-state index in [4.69, 9.17) is 9.47 Å². The fraction of sp³-hybridized carbons (Fsp3) is 0.588. The van der Waals surface area contributed by atoms with Gasteiger partial charge in [-0.3, -0.25) is 4.79 Å². The van der Waals surface area contributed by atoms with Crippen molar-refractivity contribution in [3.05, 3.63) is 65.7 Å². The van der Waals surface area contributed by atoms with E-state index in [2.05, 4.69) is 52.3 Å². The van der Waals surface area contributed by atoms with Crippen LogP contribution in [-0.2, 0) is 16.1 Å². The SMILES string of the molecule is COc1ccc(CN2CCC3(CCN(C[C@H]4CN(C(=O)OC5CCCCC5)CC4c4ccccc4)CC3)C2=O)cc1.Cl. The maximum atomic E-state index is 13.6. The third-order valence-corrected chi connectivity index (χ3v) is 10.2. The summed E-state index contributed by atoms with van der Waals surface area (Å²) < 4.78 is 11.2. The van der Waals surface area contributed by atoms with Crippen LogP contribution in [0.15, 0.2) is 54.6 Å². The van der Waals surface area contributed by atoms with Crippen LogP contribution in [0.25, 0.3) is 0 Å². The first-order valence-corrected chi connectivity index (χ1v) is 15.7. The van der Waals surface area contributed by atoms with E-state index in [-0.39, 0.29) is 30.0 Å². The molecule has 2 amide bonds. The van der Waals surface area contributed by atoms with Crippen molar-refractivity contribution in [1.82, 2.24) is 14.7 Å². The van der Waals surface area contributed by atoms with E-state index >= 15 is 0 Å². The number of carbonyl (C=O) groups excluding carboxylic acids is 2. The standard InChI is InChI=1S/C34H45N3O4.ClH/c1-40-29-14-12-26(13-15-29)22-36-21-18-34(32(36)38)16-19-35(20-17-34)23-28-24-37(25-31(28)27-8-4-2-5-9-27)33(39)41-30-10-6-3-7-11-30;/h2,4-5,8-9,12-15,28,30-31H,3,6-7,10-11,16-25H2,1H3;1H/t28-,31?;/m0./s1. The molecule has 0 N–H and O–H groups in total. The van der Waals surface area contributed by atoms with Crippen LogP contribution in [-0.4, -0.2) is 79.2 Å². The topological polar surface area (TPSA) is 62.3 Å². The third kappa shape index (κ3) is 6.73.